The van der Waals surface area contributed by atoms with E-state index in [2.05, 4.69) is 10.6 Å². The molecule has 0 saturated carbocycles. The van der Waals surface area contributed by atoms with Crippen molar-refractivity contribution in [2.45, 2.75) is 77.5 Å². The number of nitrogens with one attached hydrogen (secondary N) is 3. The molecule has 9 N–H and O–H groups in total. The number of carboxylic acid groups (broad SMARTS) is 2. The molecule has 0 bridgehead atoms. The van der Waals surface area contributed by atoms with Crippen molar-refractivity contribution in [3.05, 3.63) is 0 Å². The van der Waals surface area contributed by atoms with Crippen LogP contribution in [0, 0.1) is 11.8 Å². The number of amides is 4. The molecule has 13 heteroatoms. The topological polar surface area (TPSA) is 231 Å². The molecular weight excluding hydrogens is 438 g/mol. The summed E-state index contributed by atoms with van der Waals surface area (Å²) in [5.41, 5.74) is 10.8. The van der Waals surface area contributed by atoms with Gasteiger partial charge in [-0.05, 0) is 18.3 Å². The predicted octanol–water partition coefficient (Wildman–Crippen LogP) is -1.70. The van der Waals surface area contributed by atoms with Gasteiger partial charge in [-0.2, -0.15) is 0 Å². The molecule has 0 fully saturated rings. The molecule has 0 radical (unpaired) electrons. The molecule has 0 aromatic rings. The minimum atomic E-state index is -1.71. The molecule has 5 unspecified atom stereocenters. The first kappa shape index (κ1) is 29.8. The number of hydrogen-bond acceptors (Lipinski definition) is 7. The summed E-state index contributed by atoms with van der Waals surface area (Å²) in [7, 11) is 0. The summed E-state index contributed by atoms with van der Waals surface area (Å²) < 4.78 is 0. The van der Waals surface area contributed by atoms with Gasteiger partial charge in [0.25, 0.3) is 0 Å². The van der Waals surface area contributed by atoms with Gasteiger partial charge in [-0.1, -0.05) is 34.1 Å². The van der Waals surface area contributed by atoms with Gasteiger partial charge in [0.1, 0.15) is 18.1 Å². The lowest BCUT2D eigenvalue weighted by atomic mass is 9.96. The molecule has 0 heterocycles. The minimum absolute atomic E-state index is 0.132. The Morgan fingerprint density at radius 1 is 0.818 bits per heavy atom. The third-order valence-electron chi connectivity index (χ3n) is 4.89. The highest BCUT2D eigenvalue weighted by Crippen LogP contribution is 2.11. The highest BCUT2D eigenvalue weighted by Gasteiger charge is 2.33. The van der Waals surface area contributed by atoms with E-state index in [4.69, 9.17) is 21.7 Å². The van der Waals surface area contributed by atoms with Gasteiger partial charge in [-0.3, -0.25) is 24.0 Å². The van der Waals surface area contributed by atoms with Crippen molar-refractivity contribution in [1.82, 2.24) is 16.0 Å². The number of nitrogens with two attached hydrogens (primary N) is 2. The Balaban J connectivity index is 5.59. The molecule has 0 aromatic carbocycles. The van der Waals surface area contributed by atoms with E-state index in [1.165, 1.54) is 0 Å². The van der Waals surface area contributed by atoms with Gasteiger partial charge >= 0.3 is 11.9 Å². The molecule has 188 valence electrons. The zero-order valence-corrected chi connectivity index (χ0v) is 19.3. The molecule has 5 atom stereocenters. The molecule has 0 aliphatic heterocycles. The van der Waals surface area contributed by atoms with Crippen LogP contribution < -0.4 is 27.4 Å². The van der Waals surface area contributed by atoms with E-state index in [1.54, 1.807) is 13.8 Å². The van der Waals surface area contributed by atoms with Crippen LogP contribution in [0.1, 0.15) is 53.4 Å². The summed E-state index contributed by atoms with van der Waals surface area (Å²) in [5.74, 6) is -6.81. The fraction of sp³-hybridized carbons (Fsp3) is 0.700. The van der Waals surface area contributed by atoms with Gasteiger partial charge in [0, 0.05) is 0 Å². The standard InChI is InChI=1S/C20H35N5O8/c1-5-10(4)16(25-17(29)11(21)6-9(2)3)19(31)23-12(8-15(27)28)18(30)24-13(20(32)33)7-14(22)26/h9-13,16H,5-8,21H2,1-4H3,(H2,22,26)(H,23,31)(H,24,30)(H,25,29)(H,27,28)(H,32,33). The van der Waals surface area contributed by atoms with E-state index < -0.39 is 78.5 Å². The fourth-order valence-electron chi connectivity index (χ4n) is 2.90. The van der Waals surface area contributed by atoms with Crippen LogP contribution in [0.15, 0.2) is 0 Å². The molecular formula is C20H35N5O8. The third-order valence-corrected chi connectivity index (χ3v) is 4.89. The van der Waals surface area contributed by atoms with Crippen LogP contribution in [0.4, 0.5) is 0 Å². The first-order chi connectivity index (χ1) is 15.2. The number of carbonyl (C=O) groups excluding carboxylic acids is 4. The van der Waals surface area contributed by atoms with E-state index in [0.29, 0.717) is 12.8 Å². The Morgan fingerprint density at radius 2 is 1.36 bits per heavy atom. The van der Waals surface area contributed by atoms with Gasteiger partial charge in [-0.25, -0.2) is 4.79 Å². The number of carbonyl (C=O) groups is 6. The zero-order chi connectivity index (χ0) is 25.9. The molecule has 0 rings (SSSR count). The Hall–Kier alpha value is -3.22. The second-order valence-electron chi connectivity index (χ2n) is 8.34. The number of carboxylic acids is 2. The van der Waals surface area contributed by atoms with E-state index in [9.17, 15) is 28.8 Å². The second kappa shape index (κ2) is 14.0. The summed E-state index contributed by atoms with van der Waals surface area (Å²) in [6, 6.07) is -5.36. The van der Waals surface area contributed by atoms with Crippen LogP contribution >= 0.6 is 0 Å². The minimum Gasteiger partial charge on any atom is -0.481 e. The van der Waals surface area contributed by atoms with Crippen molar-refractivity contribution < 1.29 is 39.0 Å². The lowest BCUT2D eigenvalue weighted by Crippen LogP contribution is -2.59. The van der Waals surface area contributed by atoms with Crippen molar-refractivity contribution in [1.29, 1.82) is 0 Å². The van der Waals surface area contributed by atoms with E-state index in [1.807, 2.05) is 19.2 Å². The molecule has 33 heavy (non-hydrogen) atoms. The summed E-state index contributed by atoms with van der Waals surface area (Å²) in [5, 5.41) is 25.1. The Kier molecular flexibility index (Phi) is 12.7. The highest BCUT2D eigenvalue weighted by atomic mass is 16.4. The zero-order valence-electron chi connectivity index (χ0n) is 19.3. The number of hydrogen-bond donors (Lipinski definition) is 7. The van der Waals surface area contributed by atoms with Gasteiger partial charge in [0.15, 0.2) is 0 Å². The fourth-order valence-corrected chi connectivity index (χ4v) is 2.90. The van der Waals surface area contributed by atoms with Crippen molar-refractivity contribution in [2.75, 3.05) is 0 Å². The summed E-state index contributed by atoms with van der Waals surface area (Å²) >= 11 is 0. The van der Waals surface area contributed by atoms with Gasteiger partial charge in [0.05, 0.1) is 18.9 Å². The van der Waals surface area contributed by atoms with E-state index in [0.717, 1.165) is 0 Å². The van der Waals surface area contributed by atoms with Gasteiger partial charge < -0.3 is 37.6 Å². The maximum atomic E-state index is 12.9. The molecule has 0 aliphatic rings. The number of primary amides is 1. The van der Waals surface area contributed by atoms with Crippen molar-refractivity contribution >= 4 is 35.6 Å². The van der Waals surface area contributed by atoms with Crippen LogP contribution in [0.25, 0.3) is 0 Å². The van der Waals surface area contributed by atoms with Crippen LogP contribution in [0.2, 0.25) is 0 Å². The lowest BCUT2D eigenvalue weighted by Gasteiger charge is -2.27. The lowest BCUT2D eigenvalue weighted by molar-refractivity contribution is -0.145. The van der Waals surface area contributed by atoms with Crippen LogP contribution in [0.5, 0.6) is 0 Å². The summed E-state index contributed by atoms with van der Waals surface area (Å²) in [6.07, 6.45) is -0.753. The normalized spacial score (nSPS) is 15.5. The van der Waals surface area contributed by atoms with Crippen molar-refractivity contribution in [3.63, 3.8) is 0 Å². The average Bonchev–Trinajstić information content (AvgIpc) is 2.68. The number of rotatable bonds is 15. The Bertz CT molecular complexity index is 742. The highest BCUT2D eigenvalue weighted by molar-refractivity contribution is 5.96. The molecule has 0 aliphatic carbocycles. The Morgan fingerprint density at radius 3 is 1.79 bits per heavy atom. The van der Waals surface area contributed by atoms with E-state index >= 15 is 0 Å². The molecule has 13 nitrogen and oxygen atoms in total. The molecule has 0 aromatic heterocycles. The number of aliphatic carboxylic acids is 2. The van der Waals surface area contributed by atoms with Crippen LogP contribution in [-0.4, -0.2) is 69.9 Å². The van der Waals surface area contributed by atoms with E-state index in [-0.39, 0.29) is 5.92 Å². The van der Waals surface area contributed by atoms with Crippen molar-refractivity contribution in [3.8, 4) is 0 Å². The predicted molar refractivity (Wildman–Crippen MR) is 116 cm³/mol. The summed E-state index contributed by atoms with van der Waals surface area (Å²) in [6.45, 7) is 7.21. The van der Waals surface area contributed by atoms with Gasteiger partial charge in [-0.15, -0.1) is 0 Å². The van der Waals surface area contributed by atoms with Crippen LogP contribution in [0.3, 0.4) is 0 Å². The van der Waals surface area contributed by atoms with Crippen molar-refractivity contribution in [2.24, 2.45) is 23.3 Å². The maximum absolute atomic E-state index is 12.9. The van der Waals surface area contributed by atoms with Gasteiger partial charge in [0.2, 0.25) is 23.6 Å². The Labute approximate surface area is 192 Å². The maximum Gasteiger partial charge on any atom is 0.326 e. The average molecular weight is 474 g/mol. The SMILES string of the molecule is CCC(C)C(NC(=O)C(N)CC(C)C)C(=O)NC(CC(=O)O)C(=O)NC(CC(N)=O)C(=O)O. The first-order valence-electron chi connectivity index (χ1n) is 10.6. The largest absolute Gasteiger partial charge is 0.481 e. The quantitative estimate of drug-likeness (QED) is 0.143. The first-order valence-corrected chi connectivity index (χ1v) is 10.6. The molecule has 0 saturated heterocycles. The van der Waals surface area contributed by atoms with Crippen LogP contribution in [-0.2, 0) is 28.8 Å². The smallest absolute Gasteiger partial charge is 0.326 e. The summed E-state index contributed by atoms with van der Waals surface area (Å²) in [4.78, 5) is 71.3. The molecule has 0 spiro atoms. The molecule has 4 amide bonds. The monoisotopic (exact) mass is 473 g/mol. The second-order valence-corrected chi connectivity index (χ2v) is 8.34. The third kappa shape index (κ3) is 11.3.